The lowest BCUT2D eigenvalue weighted by Gasteiger charge is -1.96. The van der Waals surface area contributed by atoms with Crippen LogP contribution in [0, 0.1) is 0 Å². The first-order chi connectivity index (χ1) is 4.81. The first kappa shape index (κ1) is 8.68. The van der Waals surface area contributed by atoms with Crippen molar-refractivity contribution >= 4 is 12.4 Å². The van der Waals surface area contributed by atoms with Crippen LogP contribution in [0.3, 0.4) is 0 Å². The Morgan fingerprint density at radius 3 is 2.80 bits per heavy atom. The number of esters is 1. The molecular weight excluding hydrogens is 136 g/mol. The van der Waals surface area contributed by atoms with Crippen LogP contribution >= 0.6 is 0 Å². The second-order valence-corrected chi connectivity index (χ2v) is 1.34. The summed E-state index contributed by atoms with van der Waals surface area (Å²) in [5, 5.41) is 0. The molecule has 0 rings (SSSR count). The minimum atomic E-state index is -0.524. The molecule has 4 heteroatoms. The van der Waals surface area contributed by atoms with Crippen molar-refractivity contribution in [3.05, 3.63) is 12.2 Å². The van der Waals surface area contributed by atoms with Gasteiger partial charge in [-0.1, -0.05) is 6.08 Å². The monoisotopic (exact) mass is 144 g/mol. The molecule has 0 unspecified atom stereocenters. The molecule has 0 radical (unpaired) electrons. The number of carbonyl (C=O) groups excluding carboxylic acids is 2. The fourth-order valence-corrected chi connectivity index (χ4v) is 0.304. The summed E-state index contributed by atoms with van der Waals surface area (Å²) in [6, 6.07) is 0. The maximum absolute atomic E-state index is 10.4. The molecular formula is C6H8O4. The minimum absolute atomic E-state index is 0.211. The molecule has 4 nitrogen and oxygen atoms in total. The van der Waals surface area contributed by atoms with E-state index in [4.69, 9.17) is 0 Å². The van der Waals surface area contributed by atoms with E-state index in [9.17, 15) is 9.59 Å². The van der Waals surface area contributed by atoms with Crippen molar-refractivity contribution in [2.45, 2.75) is 6.92 Å². The van der Waals surface area contributed by atoms with Crippen molar-refractivity contribution in [1.29, 1.82) is 0 Å². The summed E-state index contributed by atoms with van der Waals surface area (Å²) in [6.45, 7) is 1.57. The normalized spacial score (nSPS) is 9.30. The summed E-state index contributed by atoms with van der Waals surface area (Å²) in [6.07, 6.45) is 2.76. The topological polar surface area (TPSA) is 52.6 Å². The maximum atomic E-state index is 10.4. The molecule has 0 aliphatic rings. The van der Waals surface area contributed by atoms with Gasteiger partial charge in [-0.2, -0.15) is 0 Å². The number of rotatable bonds is 4. The van der Waals surface area contributed by atoms with E-state index in [0.717, 1.165) is 0 Å². The van der Waals surface area contributed by atoms with Crippen molar-refractivity contribution in [1.82, 2.24) is 0 Å². The smallest absolute Gasteiger partial charge is 0.333 e. The van der Waals surface area contributed by atoms with Gasteiger partial charge in [0, 0.05) is 6.08 Å². The largest absolute Gasteiger partial charge is 0.430 e. The standard InChI is InChI=1S/C6H8O4/c1-2-3-6(8)10-5-9-4-7/h2-4H,5H2,1H3/b3-2+. The molecule has 0 aliphatic heterocycles. The first-order valence-electron chi connectivity index (χ1n) is 2.66. The van der Waals surface area contributed by atoms with Crippen LogP contribution in [0.1, 0.15) is 6.92 Å². The molecule has 0 aliphatic carbocycles. The van der Waals surface area contributed by atoms with Gasteiger partial charge in [-0.05, 0) is 6.92 Å². The number of hydrogen-bond acceptors (Lipinski definition) is 4. The van der Waals surface area contributed by atoms with E-state index in [2.05, 4.69) is 9.47 Å². The highest BCUT2D eigenvalue weighted by molar-refractivity contribution is 5.81. The first-order valence-corrected chi connectivity index (χ1v) is 2.66. The molecule has 0 heterocycles. The highest BCUT2D eigenvalue weighted by Crippen LogP contribution is 1.80. The van der Waals surface area contributed by atoms with Crippen LogP contribution < -0.4 is 0 Å². The lowest BCUT2D eigenvalue weighted by molar-refractivity contribution is -0.155. The van der Waals surface area contributed by atoms with Gasteiger partial charge in [0.15, 0.2) is 0 Å². The lowest BCUT2D eigenvalue weighted by atomic mass is 10.5. The van der Waals surface area contributed by atoms with Crippen LogP contribution in [-0.4, -0.2) is 19.2 Å². The molecule has 0 bridgehead atoms. The van der Waals surface area contributed by atoms with Gasteiger partial charge in [-0.15, -0.1) is 0 Å². The van der Waals surface area contributed by atoms with Crippen LogP contribution in [0.2, 0.25) is 0 Å². The van der Waals surface area contributed by atoms with Crippen molar-refractivity contribution in [3.8, 4) is 0 Å². The Morgan fingerprint density at radius 2 is 2.30 bits per heavy atom. The highest BCUT2D eigenvalue weighted by Gasteiger charge is 1.92. The third-order valence-electron chi connectivity index (χ3n) is 0.640. The van der Waals surface area contributed by atoms with E-state index in [-0.39, 0.29) is 13.3 Å². The zero-order valence-corrected chi connectivity index (χ0v) is 5.57. The third-order valence-corrected chi connectivity index (χ3v) is 0.640. The van der Waals surface area contributed by atoms with E-state index in [1.165, 1.54) is 12.2 Å². The predicted molar refractivity (Wildman–Crippen MR) is 32.9 cm³/mol. The van der Waals surface area contributed by atoms with Crippen molar-refractivity contribution in [2.75, 3.05) is 6.79 Å². The van der Waals surface area contributed by atoms with Crippen LogP contribution in [-0.2, 0) is 19.1 Å². The summed E-state index contributed by atoms with van der Waals surface area (Å²) < 4.78 is 8.44. The van der Waals surface area contributed by atoms with E-state index in [1.54, 1.807) is 6.92 Å². The molecule has 0 fully saturated rings. The Hall–Kier alpha value is -1.32. The molecule has 56 valence electrons. The molecule has 0 amide bonds. The molecule has 0 aromatic carbocycles. The molecule has 0 aromatic heterocycles. The van der Waals surface area contributed by atoms with Gasteiger partial charge < -0.3 is 9.47 Å². The average Bonchev–Trinajstić information content (AvgIpc) is 1.89. The van der Waals surface area contributed by atoms with E-state index in [0.29, 0.717) is 0 Å². The van der Waals surface area contributed by atoms with E-state index in [1.807, 2.05) is 0 Å². The van der Waals surface area contributed by atoms with Crippen LogP contribution in [0.25, 0.3) is 0 Å². The summed E-state index contributed by atoms with van der Waals surface area (Å²) in [5.41, 5.74) is 0. The summed E-state index contributed by atoms with van der Waals surface area (Å²) in [7, 11) is 0. The molecule has 0 N–H and O–H groups in total. The average molecular weight is 144 g/mol. The number of hydrogen-bond donors (Lipinski definition) is 0. The van der Waals surface area contributed by atoms with E-state index >= 15 is 0 Å². The van der Waals surface area contributed by atoms with Crippen LogP contribution in [0.5, 0.6) is 0 Å². The van der Waals surface area contributed by atoms with Crippen molar-refractivity contribution < 1.29 is 19.1 Å². The second kappa shape index (κ2) is 5.81. The number of allylic oxidation sites excluding steroid dienone is 1. The molecule has 0 atom stereocenters. The summed E-state index contributed by atoms with van der Waals surface area (Å²) >= 11 is 0. The van der Waals surface area contributed by atoms with Crippen LogP contribution in [0.4, 0.5) is 0 Å². The molecule has 0 saturated carbocycles. The van der Waals surface area contributed by atoms with Gasteiger partial charge in [0.1, 0.15) is 0 Å². The number of carbonyl (C=O) groups is 2. The summed E-state index contributed by atoms with van der Waals surface area (Å²) in [4.78, 5) is 19.9. The van der Waals surface area contributed by atoms with Crippen molar-refractivity contribution in [3.63, 3.8) is 0 Å². The van der Waals surface area contributed by atoms with Gasteiger partial charge in [-0.3, -0.25) is 4.79 Å². The number of ether oxygens (including phenoxy) is 2. The fourth-order valence-electron chi connectivity index (χ4n) is 0.304. The molecule has 0 saturated heterocycles. The van der Waals surface area contributed by atoms with Gasteiger partial charge in [0.25, 0.3) is 6.47 Å². The summed E-state index contributed by atoms with van der Waals surface area (Å²) in [5.74, 6) is -0.524. The molecule has 10 heavy (non-hydrogen) atoms. The zero-order valence-electron chi connectivity index (χ0n) is 5.57. The van der Waals surface area contributed by atoms with E-state index < -0.39 is 5.97 Å². The fraction of sp³-hybridized carbons (Fsp3) is 0.333. The van der Waals surface area contributed by atoms with Crippen molar-refractivity contribution in [2.24, 2.45) is 0 Å². The highest BCUT2D eigenvalue weighted by atomic mass is 16.7. The Labute approximate surface area is 58.4 Å². The van der Waals surface area contributed by atoms with Crippen LogP contribution in [0.15, 0.2) is 12.2 Å². The minimum Gasteiger partial charge on any atom is -0.430 e. The van der Waals surface area contributed by atoms with Gasteiger partial charge in [0.2, 0.25) is 6.79 Å². The van der Waals surface area contributed by atoms with Gasteiger partial charge in [0.05, 0.1) is 0 Å². The lowest BCUT2D eigenvalue weighted by Crippen LogP contribution is -2.04. The van der Waals surface area contributed by atoms with Gasteiger partial charge in [-0.25, -0.2) is 4.79 Å². The quantitative estimate of drug-likeness (QED) is 0.186. The predicted octanol–water partition coefficient (Wildman–Crippen LogP) is 0.236. The maximum Gasteiger partial charge on any atom is 0.333 e. The second-order valence-electron chi connectivity index (χ2n) is 1.34. The Bertz CT molecular complexity index is 139. The molecule has 0 aromatic rings. The Balaban J connectivity index is 3.30. The Morgan fingerprint density at radius 1 is 1.60 bits per heavy atom. The SMILES string of the molecule is C/C=C/C(=O)OCOC=O. The zero-order chi connectivity index (χ0) is 7.82. The third kappa shape index (κ3) is 4.83. The molecule has 0 spiro atoms. The van der Waals surface area contributed by atoms with Gasteiger partial charge >= 0.3 is 5.97 Å². The Kier molecular flexibility index (Phi) is 5.04.